The van der Waals surface area contributed by atoms with Crippen LogP contribution in [-0.4, -0.2) is 69.1 Å². The van der Waals surface area contributed by atoms with Crippen LogP contribution in [0.15, 0.2) is 36.8 Å². The van der Waals surface area contributed by atoms with Crippen LogP contribution >= 0.6 is 0 Å². The lowest BCUT2D eigenvalue weighted by atomic mass is 9.85. The van der Waals surface area contributed by atoms with Gasteiger partial charge in [-0.25, -0.2) is 13.8 Å². The largest absolute Gasteiger partial charge is 0.507 e. The summed E-state index contributed by atoms with van der Waals surface area (Å²) in [4.78, 5) is 10.2. The number of phenolic OH excluding ortho intramolecular Hbond substituents is 1. The Kier molecular flexibility index (Phi) is 4.75. The minimum absolute atomic E-state index is 0.0259. The van der Waals surface area contributed by atoms with Gasteiger partial charge in [0.05, 0.1) is 29.9 Å². The fraction of sp³-hybridized carbons (Fsp3) is 0.455. The number of rotatable bonds is 4. The number of hydrogen-bond donors (Lipinski definition) is 2. The molecule has 4 heterocycles. The summed E-state index contributed by atoms with van der Waals surface area (Å²) in [5, 5.41) is 23.6. The van der Waals surface area contributed by atoms with Crippen LogP contribution < -0.4 is 10.2 Å². The van der Waals surface area contributed by atoms with Crippen LogP contribution in [0.25, 0.3) is 22.2 Å². The minimum Gasteiger partial charge on any atom is -0.507 e. The van der Waals surface area contributed by atoms with Crippen LogP contribution in [-0.2, 0) is 4.74 Å². The number of benzene rings is 1. The maximum Gasteiger partial charge on any atom is 0.265 e. The fourth-order valence-corrected chi connectivity index (χ4v) is 5.18. The number of halogens is 2. The molecule has 168 valence electrons. The van der Waals surface area contributed by atoms with Gasteiger partial charge in [0, 0.05) is 43.9 Å². The topological polar surface area (TPSA) is 96.3 Å². The molecule has 2 fully saturated rings. The van der Waals surface area contributed by atoms with E-state index in [0.717, 1.165) is 10.8 Å². The van der Waals surface area contributed by atoms with Crippen molar-refractivity contribution in [1.82, 2.24) is 25.5 Å². The molecule has 0 amide bonds. The maximum absolute atomic E-state index is 14.5. The highest BCUT2D eigenvalue weighted by molar-refractivity contribution is 5.88. The van der Waals surface area contributed by atoms with E-state index >= 15 is 0 Å². The van der Waals surface area contributed by atoms with Gasteiger partial charge in [0.1, 0.15) is 5.75 Å². The lowest BCUT2D eigenvalue weighted by Gasteiger charge is -2.46. The first kappa shape index (κ1) is 20.9. The highest BCUT2D eigenvalue weighted by atomic mass is 19.3. The van der Waals surface area contributed by atoms with Crippen molar-refractivity contribution in [3.63, 3.8) is 0 Å². The van der Waals surface area contributed by atoms with E-state index in [9.17, 15) is 13.9 Å². The Balaban J connectivity index is 1.44. The van der Waals surface area contributed by atoms with E-state index in [-0.39, 0.29) is 30.5 Å². The smallest absolute Gasteiger partial charge is 0.265 e. The summed E-state index contributed by atoms with van der Waals surface area (Å²) < 4.78 is 34.6. The Labute approximate surface area is 183 Å². The van der Waals surface area contributed by atoms with Crippen molar-refractivity contribution in [2.24, 2.45) is 0 Å². The average molecular weight is 442 g/mol. The first-order valence-corrected chi connectivity index (χ1v) is 10.4. The van der Waals surface area contributed by atoms with Crippen LogP contribution in [0.4, 0.5) is 14.6 Å². The van der Waals surface area contributed by atoms with Crippen molar-refractivity contribution in [3.05, 3.63) is 36.8 Å². The van der Waals surface area contributed by atoms with Gasteiger partial charge in [-0.1, -0.05) is 0 Å². The van der Waals surface area contributed by atoms with E-state index in [2.05, 4.69) is 25.5 Å². The molecule has 2 saturated heterocycles. The second kappa shape index (κ2) is 7.28. The SMILES string of the molecule is CO[C@@H]1[C@@H](N(C)c2cnc(-c3cc4ccncc4cc3O)nn2)C[C@H]2N[C@]1(C)CC2(F)F. The molecule has 2 aliphatic heterocycles. The number of fused-ring (bicyclic) bond motifs is 3. The van der Waals surface area contributed by atoms with Crippen molar-refractivity contribution in [3.8, 4) is 17.1 Å². The third-order valence-corrected chi connectivity index (χ3v) is 6.73. The molecule has 0 radical (unpaired) electrons. The Hall–Kier alpha value is -2.98. The summed E-state index contributed by atoms with van der Waals surface area (Å²) in [6.45, 7) is 1.78. The van der Waals surface area contributed by atoms with E-state index in [1.54, 1.807) is 50.5 Å². The predicted octanol–water partition coefficient (Wildman–Crippen LogP) is 2.77. The molecule has 8 nitrogen and oxygen atoms in total. The van der Waals surface area contributed by atoms with E-state index < -0.39 is 23.6 Å². The number of nitrogens with zero attached hydrogens (tertiary/aromatic N) is 5. The minimum atomic E-state index is -2.79. The number of ether oxygens (including phenoxy) is 1. The van der Waals surface area contributed by atoms with E-state index in [4.69, 9.17) is 4.74 Å². The monoisotopic (exact) mass is 442 g/mol. The molecule has 5 rings (SSSR count). The van der Waals surface area contributed by atoms with Crippen LogP contribution in [0.2, 0.25) is 0 Å². The highest BCUT2D eigenvalue weighted by Gasteiger charge is 2.63. The molecule has 10 heteroatoms. The number of aromatic hydroxyl groups is 1. The number of anilines is 1. The zero-order chi connectivity index (χ0) is 22.7. The molecule has 2 N–H and O–H groups in total. The second-order valence-electron chi connectivity index (χ2n) is 8.85. The van der Waals surface area contributed by atoms with Gasteiger partial charge in [-0.15, -0.1) is 10.2 Å². The number of nitrogens with one attached hydrogen (secondary N) is 1. The maximum atomic E-state index is 14.5. The van der Waals surface area contributed by atoms with Crippen molar-refractivity contribution < 1.29 is 18.6 Å². The first-order chi connectivity index (χ1) is 15.2. The fourth-order valence-electron chi connectivity index (χ4n) is 5.18. The Morgan fingerprint density at radius 2 is 2.03 bits per heavy atom. The lowest BCUT2D eigenvalue weighted by molar-refractivity contribution is -0.0139. The molecular weight excluding hydrogens is 418 g/mol. The lowest BCUT2D eigenvalue weighted by Crippen LogP contribution is -2.64. The molecular formula is C22H24F2N6O2. The van der Waals surface area contributed by atoms with Crippen molar-refractivity contribution in [1.29, 1.82) is 0 Å². The number of aromatic nitrogens is 4. The summed E-state index contributed by atoms with van der Waals surface area (Å²) in [6.07, 6.45) is 4.35. The standard InChI is InChI=1S/C22H24F2N6O2/c1-21-11-22(23,24)17(27-21)8-15(19(21)32-3)30(2)18-10-26-20(29-28-18)14-6-12-4-5-25-9-13(12)7-16(14)31/h4-7,9-10,15,17,19,27,31H,8,11H2,1-3H3/t15-,17+,19+,21+/m0/s1. The number of methoxy groups -OCH3 is 1. The average Bonchev–Trinajstić information content (AvgIpc) is 2.96. The van der Waals surface area contributed by atoms with E-state index in [0.29, 0.717) is 11.4 Å². The molecule has 2 aliphatic rings. The third kappa shape index (κ3) is 3.25. The zero-order valence-electron chi connectivity index (χ0n) is 18.0. The van der Waals surface area contributed by atoms with Crippen molar-refractivity contribution >= 4 is 16.6 Å². The molecule has 0 unspecified atom stereocenters. The second-order valence-corrected chi connectivity index (χ2v) is 8.85. The molecule has 1 aromatic carbocycles. The van der Waals surface area contributed by atoms with E-state index in [1.807, 2.05) is 6.07 Å². The molecule has 2 bridgehead atoms. The molecule has 0 saturated carbocycles. The van der Waals surface area contributed by atoms with Crippen molar-refractivity contribution in [2.75, 3.05) is 19.1 Å². The predicted molar refractivity (Wildman–Crippen MR) is 115 cm³/mol. The quantitative estimate of drug-likeness (QED) is 0.637. The van der Waals surface area contributed by atoms with Gasteiger partial charge in [-0.3, -0.25) is 4.98 Å². The zero-order valence-corrected chi connectivity index (χ0v) is 18.0. The number of piperidine rings is 1. The van der Waals surface area contributed by atoms with Gasteiger partial charge in [0.2, 0.25) is 0 Å². The van der Waals surface area contributed by atoms with Gasteiger partial charge < -0.3 is 20.1 Å². The summed E-state index contributed by atoms with van der Waals surface area (Å²) in [5.41, 5.74) is -0.389. The summed E-state index contributed by atoms with van der Waals surface area (Å²) in [7, 11) is 3.33. The van der Waals surface area contributed by atoms with Gasteiger partial charge in [0.25, 0.3) is 5.92 Å². The number of alkyl halides is 2. The first-order valence-electron chi connectivity index (χ1n) is 10.4. The van der Waals surface area contributed by atoms with Gasteiger partial charge in [-0.2, -0.15) is 0 Å². The Bertz CT molecular complexity index is 1160. The number of phenols is 1. The third-order valence-electron chi connectivity index (χ3n) is 6.73. The summed E-state index contributed by atoms with van der Waals surface area (Å²) in [6, 6.07) is 3.97. The number of likely N-dealkylation sites (N-methyl/N-ethyl adjacent to an activating group) is 1. The molecule has 4 atom stereocenters. The summed E-state index contributed by atoms with van der Waals surface area (Å²) in [5.74, 6) is -2.06. The molecule has 0 aliphatic carbocycles. The molecule has 32 heavy (non-hydrogen) atoms. The van der Waals surface area contributed by atoms with Crippen LogP contribution in [0, 0.1) is 0 Å². The molecule has 2 aromatic heterocycles. The highest BCUT2D eigenvalue weighted by Crippen LogP contribution is 2.47. The molecule has 0 spiro atoms. The summed E-state index contributed by atoms with van der Waals surface area (Å²) >= 11 is 0. The van der Waals surface area contributed by atoms with Gasteiger partial charge >= 0.3 is 0 Å². The normalized spacial score (nSPS) is 28.7. The molecule has 3 aromatic rings. The Morgan fingerprint density at radius 3 is 2.75 bits per heavy atom. The van der Waals surface area contributed by atoms with E-state index in [1.165, 1.54) is 6.20 Å². The number of pyridine rings is 1. The Morgan fingerprint density at radius 1 is 1.22 bits per heavy atom. The van der Waals surface area contributed by atoms with Gasteiger partial charge in [0.15, 0.2) is 11.6 Å². The van der Waals surface area contributed by atoms with Crippen LogP contribution in [0.3, 0.4) is 0 Å². The number of hydrogen-bond acceptors (Lipinski definition) is 8. The van der Waals surface area contributed by atoms with Crippen LogP contribution in [0.5, 0.6) is 5.75 Å². The van der Waals surface area contributed by atoms with Crippen LogP contribution in [0.1, 0.15) is 19.8 Å². The van der Waals surface area contributed by atoms with Gasteiger partial charge in [-0.05, 0) is 36.9 Å². The van der Waals surface area contributed by atoms with Crippen molar-refractivity contribution in [2.45, 2.75) is 49.4 Å².